The summed E-state index contributed by atoms with van der Waals surface area (Å²) in [7, 11) is 0. The van der Waals surface area contributed by atoms with Gasteiger partial charge in [-0.05, 0) is 47.5 Å². The number of hydrazone groups is 2. The average Bonchev–Trinajstić information content (AvgIpc) is 2.84. The third kappa shape index (κ3) is 5.77. The molecule has 0 atom stereocenters. The van der Waals surface area contributed by atoms with Crippen molar-refractivity contribution in [2.45, 2.75) is 0 Å². The molecule has 0 unspecified atom stereocenters. The highest BCUT2D eigenvalue weighted by molar-refractivity contribution is 5.82. The Bertz CT molecular complexity index is 1130. The van der Waals surface area contributed by atoms with E-state index in [2.05, 4.69) is 36.0 Å². The molecule has 0 radical (unpaired) electrons. The number of phenols is 4. The highest BCUT2D eigenvalue weighted by Crippen LogP contribution is 2.25. The molecule has 0 aliphatic carbocycles. The van der Waals surface area contributed by atoms with Crippen LogP contribution in [0.3, 0.4) is 0 Å². The summed E-state index contributed by atoms with van der Waals surface area (Å²) < 4.78 is 5.38. The van der Waals surface area contributed by atoms with Crippen molar-refractivity contribution in [1.82, 2.24) is 15.0 Å². The van der Waals surface area contributed by atoms with E-state index in [0.717, 1.165) is 0 Å². The van der Waals surface area contributed by atoms with Crippen molar-refractivity contribution in [3.63, 3.8) is 0 Å². The molecule has 1 aliphatic rings. The van der Waals surface area contributed by atoms with E-state index >= 15 is 0 Å². The molecule has 2 aromatic carbocycles. The fourth-order valence-electron chi connectivity index (χ4n) is 2.94. The van der Waals surface area contributed by atoms with Gasteiger partial charge in [0.25, 0.3) is 0 Å². The molecule has 4 rings (SSSR count). The molecule has 1 aliphatic heterocycles. The number of ether oxygens (including phenoxy) is 1. The predicted octanol–water partition coefficient (Wildman–Crippen LogP) is 1.42. The predicted molar refractivity (Wildman–Crippen MR) is 125 cm³/mol. The van der Waals surface area contributed by atoms with Gasteiger partial charge in [-0.1, -0.05) is 0 Å². The molecule has 3 aromatic rings. The smallest absolute Gasteiger partial charge is 0.250 e. The Morgan fingerprint density at radius 1 is 0.735 bits per heavy atom. The van der Waals surface area contributed by atoms with Crippen LogP contribution in [0.2, 0.25) is 0 Å². The number of aromatic hydroxyl groups is 4. The molecule has 6 N–H and O–H groups in total. The molecule has 34 heavy (non-hydrogen) atoms. The van der Waals surface area contributed by atoms with Gasteiger partial charge in [0.05, 0.1) is 25.6 Å². The third-order valence-corrected chi connectivity index (χ3v) is 4.67. The number of nitrogens with one attached hydrogen (secondary N) is 2. The summed E-state index contributed by atoms with van der Waals surface area (Å²) in [6.45, 7) is 2.30. The Morgan fingerprint density at radius 2 is 1.24 bits per heavy atom. The Hall–Kier alpha value is -4.65. The van der Waals surface area contributed by atoms with E-state index in [9.17, 15) is 20.4 Å². The van der Waals surface area contributed by atoms with Crippen molar-refractivity contribution in [3.8, 4) is 23.0 Å². The van der Waals surface area contributed by atoms with E-state index in [-0.39, 0.29) is 34.9 Å². The van der Waals surface area contributed by atoms with Crippen LogP contribution < -0.4 is 15.8 Å². The first kappa shape index (κ1) is 22.5. The summed E-state index contributed by atoms with van der Waals surface area (Å²) in [5.74, 6) is -0.271. The number of phenolic OH excluding ortho intramolecular Hbond substituents is 4. The second-order valence-corrected chi connectivity index (χ2v) is 7.12. The van der Waals surface area contributed by atoms with E-state index in [1.165, 1.54) is 36.7 Å². The molecular weight excluding hydrogens is 444 g/mol. The number of benzene rings is 2. The van der Waals surface area contributed by atoms with Gasteiger partial charge < -0.3 is 30.1 Å². The van der Waals surface area contributed by atoms with Crippen LogP contribution in [0.1, 0.15) is 11.1 Å². The van der Waals surface area contributed by atoms with Crippen LogP contribution in [0.5, 0.6) is 23.0 Å². The molecule has 176 valence electrons. The van der Waals surface area contributed by atoms with Gasteiger partial charge in [-0.15, -0.1) is 0 Å². The molecule has 1 aromatic heterocycles. The normalized spacial score (nSPS) is 14.1. The summed E-state index contributed by atoms with van der Waals surface area (Å²) in [5, 5.41) is 46.2. The number of aromatic nitrogens is 3. The minimum absolute atomic E-state index is 0.149. The van der Waals surface area contributed by atoms with Crippen molar-refractivity contribution in [3.05, 3.63) is 47.5 Å². The standard InChI is InChI=1S/C21H22N8O5/c30-15-3-1-13(9-17(15)32)11-22-27-19-24-20(26-21(25-19)29-5-7-34-8-6-29)28-23-12-14-2-4-16(31)18(33)10-14/h1-4,9-12,30-33H,5-8H2,(H2,24,25,26,27,28)/b22-11+,23-12+. The van der Waals surface area contributed by atoms with Crippen molar-refractivity contribution in [2.75, 3.05) is 42.1 Å². The van der Waals surface area contributed by atoms with E-state index in [0.29, 0.717) is 43.4 Å². The molecule has 0 amide bonds. The lowest BCUT2D eigenvalue weighted by atomic mass is 10.2. The highest BCUT2D eigenvalue weighted by atomic mass is 16.5. The maximum Gasteiger partial charge on any atom is 0.250 e. The van der Waals surface area contributed by atoms with Gasteiger partial charge in [0.2, 0.25) is 17.8 Å². The Kier molecular flexibility index (Phi) is 6.84. The molecule has 13 heteroatoms. The van der Waals surface area contributed by atoms with E-state index in [1.54, 1.807) is 12.1 Å². The second kappa shape index (κ2) is 10.3. The van der Waals surface area contributed by atoms with Crippen LogP contribution >= 0.6 is 0 Å². The fourth-order valence-corrected chi connectivity index (χ4v) is 2.94. The molecule has 2 heterocycles. The lowest BCUT2D eigenvalue weighted by molar-refractivity contribution is 0.122. The molecular formula is C21H22N8O5. The molecule has 1 fully saturated rings. The first-order valence-electron chi connectivity index (χ1n) is 10.2. The minimum Gasteiger partial charge on any atom is -0.504 e. The molecule has 0 spiro atoms. The SMILES string of the molecule is Oc1ccc(/C=N/Nc2nc(N/N=C/c3ccc(O)c(O)c3)nc(N3CCOCC3)n2)cc1O. The first-order valence-corrected chi connectivity index (χ1v) is 10.2. The van der Waals surface area contributed by atoms with Gasteiger partial charge in [0.1, 0.15) is 0 Å². The van der Waals surface area contributed by atoms with Gasteiger partial charge >= 0.3 is 0 Å². The number of nitrogens with zero attached hydrogens (tertiary/aromatic N) is 6. The number of hydrogen-bond acceptors (Lipinski definition) is 13. The van der Waals surface area contributed by atoms with Crippen LogP contribution in [-0.4, -0.2) is 74.1 Å². The molecule has 0 bridgehead atoms. The minimum atomic E-state index is -0.259. The summed E-state index contributed by atoms with van der Waals surface area (Å²) in [6, 6.07) is 8.57. The maximum absolute atomic E-state index is 9.60. The van der Waals surface area contributed by atoms with Gasteiger partial charge in [-0.25, -0.2) is 10.9 Å². The van der Waals surface area contributed by atoms with Gasteiger partial charge in [-0.3, -0.25) is 0 Å². The van der Waals surface area contributed by atoms with E-state index < -0.39 is 0 Å². The average molecular weight is 466 g/mol. The van der Waals surface area contributed by atoms with Crippen molar-refractivity contribution >= 4 is 30.3 Å². The van der Waals surface area contributed by atoms with Gasteiger partial charge in [0.15, 0.2) is 23.0 Å². The van der Waals surface area contributed by atoms with Crippen molar-refractivity contribution in [1.29, 1.82) is 0 Å². The zero-order chi connectivity index (χ0) is 23.9. The Labute approximate surface area is 193 Å². The van der Waals surface area contributed by atoms with Crippen LogP contribution in [0, 0.1) is 0 Å². The quantitative estimate of drug-likeness (QED) is 0.168. The zero-order valence-corrected chi connectivity index (χ0v) is 17.8. The summed E-state index contributed by atoms with van der Waals surface area (Å²) >= 11 is 0. The van der Waals surface area contributed by atoms with E-state index in [1.807, 2.05) is 4.90 Å². The second-order valence-electron chi connectivity index (χ2n) is 7.12. The first-order chi connectivity index (χ1) is 16.5. The summed E-state index contributed by atoms with van der Waals surface area (Å²) in [4.78, 5) is 15.0. The summed E-state index contributed by atoms with van der Waals surface area (Å²) in [6.07, 6.45) is 2.86. The monoisotopic (exact) mass is 466 g/mol. The van der Waals surface area contributed by atoms with Crippen LogP contribution in [-0.2, 0) is 4.74 Å². The van der Waals surface area contributed by atoms with Crippen LogP contribution in [0.4, 0.5) is 17.8 Å². The van der Waals surface area contributed by atoms with E-state index in [4.69, 9.17) is 4.74 Å². The van der Waals surface area contributed by atoms with Crippen molar-refractivity contribution in [2.24, 2.45) is 10.2 Å². The number of rotatable bonds is 7. The molecule has 0 saturated carbocycles. The molecule has 13 nitrogen and oxygen atoms in total. The lowest BCUT2D eigenvalue weighted by Crippen LogP contribution is -2.37. The zero-order valence-electron chi connectivity index (χ0n) is 17.8. The lowest BCUT2D eigenvalue weighted by Gasteiger charge is -2.26. The van der Waals surface area contributed by atoms with Crippen LogP contribution in [0.15, 0.2) is 46.6 Å². The number of morpholine rings is 1. The largest absolute Gasteiger partial charge is 0.504 e. The van der Waals surface area contributed by atoms with Gasteiger partial charge in [0, 0.05) is 13.1 Å². The third-order valence-electron chi connectivity index (χ3n) is 4.67. The number of hydrogen-bond donors (Lipinski definition) is 6. The van der Waals surface area contributed by atoms with Crippen LogP contribution in [0.25, 0.3) is 0 Å². The fraction of sp³-hybridized carbons (Fsp3) is 0.190. The number of anilines is 3. The Balaban J connectivity index is 1.52. The highest BCUT2D eigenvalue weighted by Gasteiger charge is 2.16. The van der Waals surface area contributed by atoms with Crippen molar-refractivity contribution < 1.29 is 25.2 Å². The summed E-state index contributed by atoms with van der Waals surface area (Å²) in [5.41, 5.74) is 6.54. The topological polar surface area (TPSA) is 181 Å². The Morgan fingerprint density at radius 3 is 1.71 bits per heavy atom. The maximum atomic E-state index is 9.60. The van der Waals surface area contributed by atoms with Gasteiger partial charge in [-0.2, -0.15) is 25.2 Å². The molecule has 1 saturated heterocycles.